The van der Waals surface area contributed by atoms with Crippen LogP contribution in [0.1, 0.15) is 0 Å². The molecule has 3 aromatic carbocycles. The molecule has 31 heavy (non-hydrogen) atoms. The van der Waals surface area contributed by atoms with Gasteiger partial charge in [-0.25, -0.2) is 0 Å². The fourth-order valence-corrected chi connectivity index (χ4v) is 3.48. The maximum atomic E-state index is 4.48. The van der Waals surface area contributed by atoms with E-state index in [-0.39, 0.29) is 22.4 Å². The van der Waals surface area contributed by atoms with Crippen LogP contribution in [0.25, 0.3) is 21.8 Å². The molecule has 5 heteroatoms. The molecular weight excluding hydrogens is 565 g/mol. The van der Waals surface area contributed by atoms with E-state index in [1.807, 2.05) is 66.9 Å². The molecule has 1 aliphatic heterocycles. The van der Waals surface area contributed by atoms with E-state index in [2.05, 4.69) is 69.2 Å². The molecule has 1 radical (unpaired) electrons. The number of nitrogens with zero attached hydrogens (tertiary/aromatic N) is 4. The van der Waals surface area contributed by atoms with Crippen LogP contribution >= 0.6 is 0 Å². The third kappa shape index (κ3) is 4.57. The standard InChI is InChI=1S/C15H13N2.C11H7N2.Au/c1-3-7-14(8-4-1)16-11-12-17(13-16)15-9-5-2-6-10-15;1-2-4-10-8(3-1)9-7-12-6-5-11(9)13-10;/h1-13H;1-7H;/q2*-1;. The SMILES string of the molecule is C1=CN(c2ccccc2)[CH-]N1c1ccccc1.[Au].c1ccc2c(c1)[n-]c1ccncc12. The van der Waals surface area contributed by atoms with Crippen molar-refractivity contribution in [3.63, 3.8) is 0 Å². The Morgan fingerprint density at radius 2 is 1.16 bits per heavy atom. The van der Waals surface area contributed by atoms with Crippen molar-refractivity contribution in [1.82, 2.24) is 9.97 Å². The molecule has 0 atom stereocenters. The first kappa shape index (κ1) is 20.9. The smallest absolute Gasteiger partial charge is 0.0333 e. The minimum Gasteiger partial charge on any atom is -0.657 e. The number of aromatic nitrogens is 2. The molecule has 0 fully saturated rings. The molecule has 0 bridgehead atoms. The van der Waals surface area contributed by atoms with Gasteiger partial charge in [-0.1, -0.05) is 66.7 Å². The molecular formula is C26H20AuN4-2. The zero-order valence-corrected chi connectivity index (χ0v) is 18.8. The van der Waals surface area contributed by atoms with E-state index in [1.54, 1.807) is 6.20 Å². The molecule has 2 aromatic heterocycles. The summed E-state index contributed by atoms with van der Waals surface area (Å²) in [5, 5.41) is 2.32. The molecule has 0 amide bonds. The minimum absolute atomic E-state index is 0. The first-order valence-corrected chi connectivity index (χ1v) is 9.84. The maximum Gasteiger partial charge on any atom is 0.0333 e. The van der Waals surface area contributed by atoms with Crippen LogP contribution in [0.2, 0.25) is 0 Å². The predicted molar refractivity (Wildman–Crippen MR) is 124 cm³/mol. The predicted octanol–water partition coefficient (Wildman–Crippen LogP) is 5.95. The third-order valence-corrected chi connectivity index (χ3v) is 4.98. The fraction of sp³-hybridized carbons (Fsp3) is 0. The number of pyridine rings is 1. The third-order valence-electron chi connectivity index (χ3n) is 4.98. The summed E-state index contributed by atoms with van der Waals surface area (Å²) in [6.07, 6.45) is 7.75. The van der Waals surface area contributed by atoms with Gasteiger partial charge in [-0.15, -0.1) is 17.7 Å². The van der Waals surface area contributed by atoms with Gasteiger partial charge in [0, 0.05) is 46.1 Å². The second kappa shape index (κ2) is 9.67. The largest absolute Gasteiger partial charge is 0.657 e. The zero-order valence-electron chi connectivity index (χ0n) is 16.6. The van der Waals surface area contributed by atoms with Crippen molar-refractivity contribution in [2.75, 3.05) is 9.80 Å². The fourth-order valence-electron chi connectivity index (χ4n) is 3.48. The Morgan fingerprint density at radius 1 is 0.613 bits per heavy atom. The van der Waals surface area contributed by atoms with E-state index in [1.165, 1.54) is 16.8 Å². The van der Waals surface area contributed by atoms with Crippen molar-refractivity contribution in [2.24, 2.45) is 0 Å². The molecule has 157 valence electrons. The van der Waals surface area contributed by atoms with Crippen LogP contribution in [0.5, 0.6) is 0 Å². The van der Waals surface area contributed by atoms with E-state index < -0.39 is 0 Å². The topological polar surface area (TPSA) is 33.5 Å². The monoisotopic (exact) mass is 585 g/mol. The average molecular weight is 585 g/mol. The number of benzene rings is 3. The van der Waals surface area contributed by atoms with E-state index in [4.69, 9.17) is 0 Å². The summed E-state index contributed by atoms with van der Waals surface area (Å²) >= 11 is 0. The van der Waals surface area contributed by atoms with Crippen LogP contribution < -0.4 is 14.8 Å². The number of anilines is 2. The summed E-state index contributed by atoms with van der Waals surface area (Å²) in [5.41, 5.74) is 4.41. The number of para-hydroxylation sites is 3. The quantitative estimate of drug-likeness (QED) is 0.190. The summed E-state index contributed by atoms with van der Waals surface area (Å²) in [5.74, 6) is 0. The summed E-state index contributed by atoms with van der Waals surface area (Å²) < 4.78 is 0. The maximum absolute atomic E-state index is 4.48. The van der Waals surface area contributed by atoms with Gasteiger partial charge in [0.05, 0.1) is 0 Å². The first-order valence-electron chi connectivity index (χ1n) is 9.84. The molecule has 3 heterocycles. The van der Waals surface area contributed by atoms with Gasteiger partial charge in [0.1, 0.15) is 0 Å². The van der Waals surface area contributed by atoms with Gasteiger partial charge < -0.3 is 14.8 Å². The van der Waals surface area contributed by atoms with Crippen LogP contribution in [-0.4, -0.2) is 4.98 Å². The van der Waals surface area contributed by atoms with E-state index in [0.29, 0.717) is 0 Å². The van der Waals surface area contributed by atoms with Gasteiger partial charge in [-0.05, 0) is 47.4 Å². The van der Waals surface area contributed by atoms with Crippen LogP contribution in [-0.2, 0) is 22.4 Å². The summed E-state index contributed by atoms with van der Waals surface area (Å²) in [4.78, 5) is 12.8. The van der Waals surface area contributed by atoms with Gasteiger partial charge in [-0.3, -0.25) is 4.98 Å². The van der Waals surface area contributed by atoms with Crippen molar-refractivity contribution < 1.29 is 22.4 Å². The number of hydrogen-bond donors (Lipinski definition) is 0. The second-order valence-corrected chi connectivity index (χ2v) is 6.92. The normalized spacial score (nSPS) is 12.5. The van der Waals surface area contributed by atoms with E-state index >= 15 is 0 Å². The molecule has 0 saturated carbocycles. The Kier molecular flexibility index (Phi) is 6.53. The molecule has 0 N–H and O–H groups in total. The molecule has 4 nitrogen and oxygen atoms in total. The van der Waals surface area contributed by atoms with Crippen molar-refractivity contribution in [3.05, 3.63) is 122 Å². The molecule has 1 aliphatic rings. The number of fused-ring (bicyclic) bond motifs is 3. The molecule has 0 unspecified atom stereocenters. The van der Waals surface area contributed by atoms with Crippen LogP contribution in [0.4, 0.5) is 11.4 Å². The van der Waals surface area contributed by atoms with E-state index in [9.17, 15) is 0 Å². The Balaban J connectivity index is 0.000000149. The average Bonchev–Trinajstić information content (AvgIpc) is 3.46. The van der Waals surface area contributed by atoms with Crippen molar-refractivity contribution in [3.8, 4) is 0 Å². The van der Waals surface area contributed by atoms with Crippen molar-refractivity contribution in [2.45, 2.75) is 0 Å². The van der Waals surface area contributed by atoms with Crippen LogP contribution in [0, 0.1) is 6.67 Å². The molecule has 5 aromatic rings. The Hall–Kier alpha value is -3.31. The minimum atomic E-state index is 0. The summed E-state index contributed by atoms with van der Waals surface area (Å²) in [7, 11) is 0. The Bertz CT molecular complexity index is 1180. The molecule has 0 saturated heterocycles. The van der Waals surface area contributed by atoms with Crippen LogP contribution in [0.15, 0.2) is 116 Å². The summed E-state index contributed by atoms with van der Waals surface area (Å²) in [6.45, 7) is 2.07. The van der Waals surface area contributed by atoms with Gasteiger partial charge >= 0.3 is 0 Å². The molecule has 0 spiro atoms. The van der Waals surface area contributed by atoms with E-state index in [0.717, 1.165) is 16.4 Å². The Morgan fingerprint density at radius 3 is 1.81 bits per heavy atom. The van der Waals surface area contributed by atoms with Crippen LogP contribution in [0.3, 0.4) is 0 Å². The van der Waals surface area contributed by atoms with Crippen molar-refractivity contribution in [1.29, 1.82) is 0 Å². The summed E-state index contributed by atoms with van der Waals surface area (Å²) in [6, 6.07) is 30.7. The molecule has 6 rings (SSSR count). The second-order valence-electron chi connectivity index (χ2n) is 6.92. The van der Waals surface area contributed by atoms with Gasteiger partial charge in [0.15, 0.2) is 0 Å². The Labute approximate surface area is 197 Å². The van der Waals surface area contributed by atoms with Gasteiger partial charge in [0.2, 0.25) is 0 Å². The number of hydrogen-bond acceptors (Lipinski definition) is 3. The zero-order chi connectivity index (χ0) is 20.2. The van der Waals surface area contributed by atoms with Gasteiger partial charge in [0.25, 0.3) is 0 Å². The van der Waals surface area contributed by atoms with Gasteiger partial charge in [-0.2, -0.15) is 0 Å². The first-order chi connectivity index (χ1) is 14.9. The van der Waals surface area contributed by atoms with Crippen molar-refractivity contribution >= 4 is 33.2 Å². The number of rotatable bonds is 2. The molecule has 0 aliphatic carbocycles.